The highest BCUT2D eigenvalue weighted by atomic mass is 35.5. The van der Waals surface area contributed by atoms with Gasteiger partial charge in [-0.1, -0.05) is 18.5 Å². The number of amides is 1. The SMILES string of the molecule is CCC1=NN(C(=O)COc2ccc(Cl)c(C)c2)[C@](O)(C(F)(F)F)C1. The van der Waals surface area contributed by atoms with Crippen LogP contribution in [0.15, 0.2) is 23.3 Å². The van der Waals surface area contributed by atoms with Crippen LogP contribution >= 0.6 is 11.6 Å². The summed E-state index contributed by atoms with van der Waals surface area (Å²) in [5, 5.41) is 14.1. The van der Waals surface area contributed by atoms with E-state index >= 15 is 0 Å². The van der Waals surface area contributed by atoms with Crippen molar-refractivity contribution in [1.29, 1.82) is 0 Å². The molecular formula is C15H16ClF3N2O3. The van der Waals surface area contributed by atoms with Gasteiger partial charge in [0.05, 0.1) is 0 Å². The molecule has 1 N–H and O–H groups in total. The molecule has 0 aliphatic carbocycles. The van der Waals surface area contributed by atoms with E-state index in [1.165, 1.54) is 6.07 Å². The Morgan fingerprint density at radius 2 is 2.17 bits per heavy atom. The fourth-order valence-corrected chi connectivity index (χ4v) is 2.33. The molecule has 0 saturated heterocycles. The molecule has 9 heteroatoms. The fraction of sp³-hybridized carbons (Fsp3) is 0.467. The van der Waals surface area contributed by atoms with E-state index < -0.39 is 30.8 Å². The average Bonchev–Trinajstić information content (AvgIpc) is 2.86. The van der Waals surface area contributed by atoms with Crippen LogP contribution in [-0.2, 0) is 4.79 Å². The summed E-state index contributed by atoms with van der Waals surface area (Å²) < 4.78 is 44.7. The molecule has 1 atom stereocenters. The van der Waals surface area contributed by atoms with Crippen molar-refractivity contribution >= 4 is 23.2 Å². The Labute approximate surface area is 141 Å². The summed E-state index contributed by atoms with van der Waals surface area (Å²) >= 11 is 5.86. The Morgan fingerprint density at radius 1 is 1.50 bits per heavy atom. The van der Waals surface area contributed by atoms with E-state index in [1.807, 2.05) is 0 Å². The maximum Gasteiger partial charge on any atom is 0.438 e. The lowest BCUT2D eigenvalue weighted by Crippen LogP contribution is -2.57. The standard InChI is InChI=1S/C15H16ClF3N2O3/c1-3-10-7-14(23,15(17,18)19)21(20-10)13(22)8-24-11-4-5-12(16)9(2)6-11/h4-6,23H,3,7-8H2,1-2H3/t14-/m1/s1. The highest BCUT2D eigenvalue weighted by molar-refractivity contribution is 6.31. The number of halogens is 4. The number of carbonyl (C=O) groups is 1. The summed E-state index contributed by atoms with van der Waals surface area (Å²) in [6.07, 6.45) is -5.60. The second kappa shape index (κ2) is 6.60. The summed E-state index contributed by atoms with van der Waals surface area (Å²) in [5.74, 6) is -0.814. The van der Waals surface area contributed by atoms with Crippen molar-refractivity contribution in [3.05, 3.63) is 28.8 Å². The molecule has 0 saturated carbocycles. The molecule has 1 aromatic carbocycles. The van der Waals surface area contributed by atoms with Gasteiger partial charge < -0.3 is 9.84 Å². The van der Waals surface area contributed by atoms with Crippen molar-refractivity contribution < 1.29 is 27.8 Å². The normalized spacial score (nSPS) is 21.0. The molecule has 0 bridgehead atoms. The first-order valence-electron chi connectivity index (χ1n) is 7.16. The van der Waals surface area contributed by atoms with Gasteiger partial charge in [0.2, 0.25) is 0 Å². The van der Waals surface area contributed by atoms with Crippen LogP contribution in [0.4, 0.5) is 13.2 Å². The largest absolute Gasteiger partial charge is 0.484 e. The molecular weight excluding hydrogens is 349 g/mol. The molecule has 132 valence electrons. The van der Waals surface area contributed by atoms with E-state index in [0.29, 0.717) is 10.6 Å². The molecule has 0 aromatic heterocycles. The molecule has 0 radical (unpaired) electrons. The Morgan fingerprint density at radius 3 is 2.71 bits per heavy atom. The van der Waals surface area contributed by atoms with E-state index in [0.717, 1.165) is 0 Å². The first kappa shape index (κ1) is 18.5. The number of hydrogen-bond acceptors (Lipinski definition) is 4. The van der Waals surface area contributed by atoms with Gasteiger partial charge in [0.1, 0.15) is 5.75 Å². The summed E-state index contributed by atoms with van der Waals surface area (Å²) in [7, 11) is 0. The molecule has 1 aromatic rings. The lowest BCUT2D eigenvalue weighted by molar-refractivity contribution is -0.302. The van der Waals surface area contributed by atoms with E-state index in [2.05, 4.69) is 5.10 Å². The average molecular weight is 365 g/mol. The van der Waals surface area contributed by atoms with Crippen LogP contribution in [0.5, 0.6) is 5.75 Å². The van der Waals surface area contributed by atoms with Crippen molar-refractivity contribution in [2.75, 3.05) is 6.61 Å². The number of hydrogen-bond donors (Lipinski definition) is 1. The molecule has 1 aliphatic rings. The Kier molecular flexibility index (Phi) is 5.10. The monoisotopic (exact) mass is 364 g/mol. The maximum atomic E-state index is 13.2. The third-order valence-electron chi connectivity index (χ3n) is 3.63. The van der Waals surface area contributed by atoms with Crippen LogP contribution in [0.25, 0.3) is 0 Å². The second-order valence-electron chi connectivity index (χ2n) is 5.42. The van der Waals surface area contributed by atoms with Gasteiger partial charge in [0.15, 0.2) is 6.61 Å². The van der Waals surface area contributed by atoms with Crippen molar-refractivity contribution in [2.45, 2.75) is 38.6 Å². The Balaban J connectivity index is 2.14. The van der Waals surface area contributed by atoms with Gasteiger partial charge in [-0.2, -0.15) is 23.3 Å². The highest BCUT2D eigenvalue weighted by Crippen LogP contribution is 2.40. The lowest BCUT2D eigenvalue weighted by atomic mass is 10.1. The van der Waals surface area contributed by atoms with Gasteiger partial charge >= 0.3 is 6.18 Å². The van der Waals surface area contributed by atoms with Crippen LogP contribution in [-0.4, -0.2) is 40.2 Å². The molecule has 1 aliphatic heterocycles. The van der Waals surface area contributed by atoms with E-state index in [4.69, 9.17) is 16.3 Å². The van der Waals surface area contributed by atoms with Crippen LogP contribution in [0.3, 0.4) is 0 Å². The minimum atomic E-state index is -5.03. The van der Waals surface area contributed by atoms with Gasteiger partial charge in [-0.15, -0.1) is 0 Å². The predicted octanol–water partition coefficient (Wildman–Crippen LogP) is 3.28. The van der Waals surface area contributed by atoms with Crippen molar-refractivity contribution in [2.24, 2.45) is 5.10 Å². The van der Waals surface area contributed by atoms with Crippen LogP contribution < -0.4 is 4.74 Å². The summed E-state index contributed by atoms with van der Waals surface area (Å²) in [6.45, 7) is 2.62. The van der Waals surface area contributed by atoms with Gasteiger partial charge in [-0.25, -0.2) is 0 Å². The molecule has 0 fully saturated rings. The number of hydrazone groups is 1. The van der Waals surface area contributed by atoms with Crippen LogP contribution in [0.1, 0.15) is 25.3 Å². The number of alkyl halides is 3. The fourth-order valence-electron chi connectivity index (χ4n) is 2.21. The molecule has 1 heterocycles. The number of aliphatic hydroxyl groups is 1. The minimum absolute atomic E-state index is 0.0641. The number of carbonyl (C=O) groups excluding carboxylic acids is 1. The van der Waals surface area contributed by atoms with Crippen molar-refractivity contribution in [3.63, 3.8) is 0 Å². The van der Waals surface area contributed by atoms with Crippen molar-refractivity contribution in [1.82, 2.24) is 5.01 Å². The van der Waals surface area contributed by atoms with E-state index in [9.17, 15) is 23.1 Å². The van der Waals surface area contributed by atoms with Crippen LogP contribution in [0.2, 0.25) is 5.02 Å². The topological polar surface area (TPSA) is 62.1 Å². The second-order valence-corrected chi connectivity index (χ2v) is 5.82. The first-order valence-corrected chi connectivity index (χ1v) is 7.53. The lowest BCUT2D eigenvalue weighted by Gasteiger charge is -2.32. The van der Waals surface area contributed by atoms with E-state index in [1.54, 1.807) is 26.0 Å². The molecule has 24 heavy (non-hydrogen) atoms. The molecule has 1 amide bonds. The molecule has 0 spiro atoms. The zero-order valence-corrected chi connectivity index (χ0v) is 13.8. The third-order valence-corrected chi connectivity index (χ3v) is 4.06. The Hall–Kier alpha value is -1.80. The zero-order valence-electron chi connectivity index (χ0n) is 13.0. The smallest absolute Gasteiger partial charge is 0.438 e. The number of ether oxygens (including phenoxy) is 1. The maximum absolute atomic E-state index is 13.2. The van der Waals surface area contributed by atoms with Gasteiger partial charge in [0.25, 0.3) is 11.6 Å². The summed E-state index contributed by atoms with van der Waals surface area (Å²) in [6, 6.07) is 4.59. The van der Waals surface area contributed by atoms with Gasteiger partial charge in [-0.05, 0) is 37.1 Å². The number of nitrogens with zero attached hydrogens (tertiary/aromatic N) is 2. The Bertz CT molecular complexity index is 678. The van der Waals surface area contributed by atoms with Crippen molar-refractivity contribution in [3.8, 4) is 5.75 Å². The predicted molar refractivity (Wildman–Crippen MR) is 81.9 cm³/mol. The minimum Gasteiger partial charge on any atom is -0.484 e. The van der Waals surface area contributed by atoms with E-state index in [-0.39, 0.29) is 22.9 Å². The quantitative estimate of drug-likeness (QED) is 0.891. The zero-order chi connectivity index (χ0) is 18.1. The number of rotatable bonds is 4. The number of benzene rings is 1. The molecule has 0 unspecified atom stereocenters. The van der Waals surface area contributed by atoms with Gasteiger partial charge in [-0.3, -0.25) is 4.79 Å². The number of aryl methyl sites for hydroxylation is 1. The molecule has 2 rings (SSSR count). The summed E-state index contributed by atoms with van der Waals surface area (Å²) in [4.78, 5) is 12.1. The highest BCUT2D eigenvalue weighted by Gasteiger charge is 2.62. The van der Waals surface area contributed by atoms with Crippen LogP contribution in [0, 0.1) is 6.92 Å². The van der Waals surface area contributed by atoms with Gasteiger partial charge in [0, 0.05) is 17.2 Å². The third kappa shape index (κ3) is 3.49. The molecule has 5 nitrogen and oxygen atoms in total. The summed E-state index contributed by atoms with van der Waals surface area (Å²) in [5.41, 5.74) is -2.55. The first-order chi connectivity index (χ1) is 11.1.